The third-order valence-corrected chi connectivity index (χ3v) is 8.02. The molecular formula is C17H19ClN4O6S2. The van der Waals surface area contributed by atoms with Gasteiger partial charge in [0.15, 0.2) is 5.69 Å². The average molecular weight is 475 g/mol. The second kappa shape index (κ2) is 8.94. The van der Waals surface area contributed by atoms with Crippen molar-refractivity contribution in [3.05, 3.63) is 41.2 Å². The molecule has 30 heavy (non-hydrogen) atoms. The zero-order valence-electron chi connectivity index (χ0n) is 15.9. The number of benzene rings is 1. The highest BCUT2D eigenvalue weighted by molar-refractivity contribution is 7.91. The minimum Gasteiger partial charge on any atom is -0.379 e. The summed E-state index contributed by atoms with van der Waals surface area (Å²) >= 11 is 5.95. The van der Waals surface area contributed by atoms with Gasteiger partial charge in [0.2, 0.25) is 25.0 Å². The molecule has 13 heteroatoms. The van der Waals surface area contributed by atoms with Gasteiger partial charge in [-0.05, 0) is 24.3 Å². The fourth-order valence-corrected chi connectivity index (χ4v) is 4.91. The summed E-state index contributed by atoms with van der Waals surface area (Å²) < 4.78 is 55.7. The van der Waals surface area contributed by atoms with Gasteiger partial charge in [-0.2, -0.15) is 4.31 Å². The zero-order chi connectivity index (χ0) is 21.9. The number of sulfone groups is 1. The summed E-state index contributed by atoms with van der Waals surface area (Å²) in [6.45, 7) is 2.65. The van der Waals surface area contributed by atoms with Crippen molar-refractivity contribution in [2.75, 3.05) is 37.4 Å². The highest BCUT2D eigenvalue weighted by Gasteiger charge is 2.26. The molecule has 1 aromatic carbocycles. The Morgan fingerprint density at radius 2 is 1.80 bits per heavy atom. The van der Waals surface area contributed by atoms with E-state index in [2.05, 4.69) is 15.3 Å². The van der Waals surface area contributed by atoms with E-state index in [1.165, 1.54) is 35.5 Å². The Morgan fingerprint density at radius 1 is 1.17 bits per heavy atom. The first-order chi connectivity index (χ1) is 14.1. The van der Waals surface area contributed by atoms with Crippen molar-refractivity contribution in [3.8, 4) is 0 Å². The molecule has 0 aliphatic carbocycles. The first kappa shape index (κ1) is 22.6. The first-order valence-corrected chi connectivity index (χ1v) is 12.4. The van der Waals surface area contributed by atoms with Crippen LogP contribution in [0.15, 0.2) is 40.5 Å². The SMILES string of the molecule is CCS(=O)(=O)c1ncc(Cl)c(C(=O)Nc2ccc(S(=O)(=O)N3CCOCC3)cc2)n1. The van der Waals surface area contributed by atoms with Gasteiger partial charge in [0.1, 0.15) is 0 Å². The van der Waals surface area contributed by atoms with Crippen molar-refractivity contribution in [1.29, 1.82) is 0 Å². The molecule has 3 rings (SSSR count). The van der Waals surface area contributed by atoms with E-state index < -0.39 is 30.9 Å². The lowest BCUT2D eigenvalue weighted by Crippen LogP contribution is -2.40. The summed E-state index contributed by atoms with van der Waals surface area (Å²) in [6.07, 6.45) is 1.05. The van der Waals surface area contributed by atoms with Gasteiger partial charge in [0.25, 0.3) is 5.91 Å². The Hall–Kier alpha value is -2.12. The van der Waals surface area contributed by atoms with E-state index in [4.69, 9.17) is 16.3 Å². The molecular weight excluding hydrogens is 456 g/mol. The topological polar surface area (TPSA) is 136 Å². The van der Waals surface area contributed by atoms with Crippen molar-refractivity contribution in [2.24, 2.45) is 0 Å². The first-order valence-electron chi connectivity index (χ1n) is 8.90. The highest BCUT2D eigenvalue weighted by Crippen LogP contribution is 2.21. The second-order valence-corrected chi connectivity index (χ2v) is 10.8. The lowest BCUT2D eigenvalue weighted by Gasteiger charge is -2.26. The maximum absolute atomic E-state index is 12.6. The van der Waals surface area contributed by atoms with Crippen molar-refractivity contribution in [2.45, 2.75) is 17.0 Å². The van der Waals surface area contributed by atoms with E-state index in [9.17, 15) is 21.6 Å². The third kappa shape index (κ3) is 4.78. The Labute approximate surface area is 179 Å². The summed E-state index contributed by atoms with van der Waals surface area (Å²) in [7, 11) is -7.38. The number of rotatable bonds is 6. The molecule has 0 radical (unpaired) electrons. The number of morpholine rings is 1. The Kier molecular flexibility index (Phi) is 6.72. The van der Waals surface area contributed by atoms with Crippen LogP contribution in [0.1, 0.15) is 17.4 Å². The summed E-state index contributed by atoms with van der Waals surface area (Å²) in [5.41, 5.74) is -0.0146. The van der Waals surface area contributed by atoms with Gasteiger partial charge in [-0.15, -0.1) is 0 Å². The molecule has 1 aromatic heterocycles. The van der Waals surface area contributed by atoms with Gasteiger partial charge in [0, 0.05) is 18.8 Å². The molecule has 162 valence electrons. The lowest BCUT2D eigenvalue weighted by molar-refractivity contribution is 0.0730. The monoisotopic (exact) mass is 474 g/mol. The average Bonchev–Trinajstić information content (AvgIpc) is 2.75. The summed E-state index contributed by atoms with van der Waals surface area (Å²) in [6, 6.07) is 5.58. The van der Waals surface area contributed by atoms with Crippen LogP contribution in [0, 0.1) is 0 Å². The van der Waals surface area contributed by atoms with E-state index in [0.717, 1.165) is 6.20 Å². The van der Waals surface area contributed by atoms with Crippen LogP contribution in [0.4, 0.5) is 5.69 Å². The minimum atomic E-state index is -3.72. The van der Waals surface area contributed by atoms with Crippen molar-refractivity contribution in [1.82, 2.24) is 14.3 Å². The second-order valence-electron chi connectivity index (χ2n) is 6.25. The number of carbonyl (C=O) groups excluding carboxylic acids is 1. The smallest absolute Gasteiger partial charge is 0.275 e. The number of anilines is 1. The van der Waals surface area contributed by atoms with Gasteiger partial charge in [-0.3, -0.25) is 4.79 Å². The van der Waals surface area contributed by atoms with E-state index in [0.29, 0.717) is 13.2 Å². The number of sulfonamides is 1. The molecule has 0 bridgehead atoms. The van der Waals surface area contributed by atoms with E-state index in [1.54, 1.807) is 0 Å². The molecule has 1 N–H and O–H groups in total. The number of nitrogens with one attached hydrogen (secondary N) is 1. The van der Waals surface area contributed by atoms with Crippen molar-refractivity contribution < 1.29 is 26.4 Å². The molecule has 0 saturated carbocycles. The number of aromatic nitrogens is 2. The quantitative estimate of drug-likeness (QED) is 0.617. The Morgan fingerprint density at radius 3 is 2.40 bits per heavy atom. The Balaban J connectivity index is 1.79. The number of hydrogen-bond donors (Lipinski definition) is 1. The standard InChI is InChI=1S/C17H19ClN4O6S2/c1-2-29(24,25)17-19-11-14(18)15(21-17)16(23)20-12-3-5-13(6-4-12)30(26,27)22-7-9-28-10-8-22/h3-6,11H,2,7-10H2,1H3,(H,20,23). The normalized spacial score (nSPS) is 15.7. The molecule has 1 fully saturated rings. The molecule has 1 aliphatic heterocycles. The molecule has 0 spiro atoms. The fourth-order valence-electron chi connectivity index (χ4n) is 2.63. The number of carbonyl (C=O) groups is 1. The van der Waals surface area contributed by atoms with Crippen molar-refractivity contribution in [3.63, 3.8) is 0 Å². The maximum atomic E-state index is 12.6. The molecule has 1 amide bonds. The molecule has 1 aliphatic rings. The molecule has 10 nitrogen and oxygen atoms in total. The number of halogens is 1. The van der Waals surface area contributed by atoms with Gasteiger partial charge in [-0.1, -0.05) is 18.5 Å². The van der Waals surface area contributed by atoms with Gasteiger partial charge in [0.05, 0.1) is 35.1 Å². The van der Waals surface area contributed by atoms with Crippen LogP contribution >= 0.6 is 11.6 Å². The van der Waals surface area contributed by atoms with E-state index in [-0.39, 0.29) is 40.1 Å². The van der Waals surface area contributed by atoms with Crippen LogP contribution < -0.4 is 5.32 Å². The van der Waals surface area contributed by atoms with Crippen LogP contribution in [0.5, 0.6) is 0 Å². The molecule has 0 unspecified atom stereocenters. The predicted octanol–water partition coefficient (Wildman–Crippen LogP) is 1.20. The van der Waals surface area contributed by atoms with Crippen LogP contribution in [0.2, 0.25) is 5.02 Å². The number of amides is 1. The maximum Gasteiger partial charge on any atom is 0.275 e. The van der Waals surface area contributed by atoms with Crippen LogP contribution in [0.3, 0.4) is 0 Å². The largest absolute Gasteiger partial charge is 0.379 e. The van der Waals surface area contributed by atoms with Crippen LogP contribution in [-0.4, -0.2) is 69.1 Å². The predicted molar refractivity (Wildman–Crippen MR) is 109 cm³/mol. The molecule has 1 saturated heterocycles. The van der Waals surface area contributed by atoms with E-state index in [1.807, 2.05) is 0 Å². The molecule has 2 heterocycles. The summed E-state index contributed by atoms with van der Waals surface area (Å²) in [4.78, 5) is 20.0. The molecule has 0 atom stereocenters. The third-order valence-electron chi connectivity index (χ3n) is 4.32. The molecule has 2 aromatic rings. The minimum absolute atomic E-state index is 0.0822. The van der Waals surface area contributed by atoms with Crippen molar-refractivity contribution >= 4 is 43.1 Å². The lowest BCUT2D eigenvalue weighted by atomic mass is 10.3. The summed E-state index contributed by atoms with van der Waals surface area (Å²) in [5.74, 6) is -0.979. The van der Waals surface area contributed by atoms with E-state index >= 15 is 0 Å². The number of ether oxygens (including phenoxy) is 1. The van der Waals surface area contributed by atoms with Gasteiger partial charge in [-0.25, -0.2) is 26.8 Å². The van der Waals surface area contributed by atoms with Gasteiger partial charge < -0.3 is 10.1 Å². The summed E-state index contributed by atoms with van der Waals surface area (Å²) in [5, 5.41) is 1.91. The fraction of sp³-hybridized carbons (Fsp3) is 0.353. The number of hydrogen-bond acceptors (Lipinski definition) is 8. The Bertz CT molecular complexity index is 1150. The number of nitrogens with zero attached hydrogens (tertiary/aromatic N) is 3. The highest BCUT2D eigenvalue weighted by atomic mass is 35.5. The van der Waals surface area contributed by atoms with Gasteiger partial charge >= 0.3 is 0 Å². The van der Waals surface area contributed by atoms with Crippen LogP contribution in [0.25, 0.3) is 0 Å². The van der Waals surface area contributed by atoms with Crippen LogP contribution in [-0.2, 0) is 24.6 Å². The zero-order valence-corrected chi connectivity index (χ0v) is 18.3.